The highest BCUT2D eigenvalue weighted by Crippen LogP contribution is 2.42. The first-order valence-corrected chi connectivity index (χ1v) is 13.2. The molecule has 1 aromatic rings. The zero-order chi connectivity index (χ0) is 21.8. The van der Waals surface area contributed by atoms with Crippen molar-refractivity contribution in [1.29, 1.82) is 0 Å². The maximum Gasteiger partial charge on any atom is 0.396 e. The van der Waals surface area contributed by atoms with Crippen molar-refractivity contribution in [2.24, 2.45) is 5.92 Å². The van der Waals surface area contributed by atoms with Gasteiger partial charge in [-0.2, -0.15) is 13.2 Å². The van der Waals surface area contributed by atoms with Crippen LogP contribution in [0.1, 0.15) is 27.7 Å². The normalized spacial score (nSPS) is 16.4. The molecule has 1 rings (SSSR count). The zero-order valence-corrected chi connectivity index (χ0v) is 18.2. The maximum absolute atomic E-state index is 13.9. The van der Waals surface area contributed by atoms with Crippen LogP contribution in [0.2, 0.25) is 18.1 Å². The molecule has 0 fully saturated rings. The van der Waals surface area contributed by atoms with Gasteiger partial charge < -0.3 is 9.53 Å². The Kier molecular flexibility index (Phi) is 7.88. The van der Waals surface area contributed by atoms with E-state index < -0.39 is 47.6 Å². The first-order valence-electron chi connectivity index (χ1n) is 9.06. The summed E-state index contributed by atoms with van der Waals surface area (Å²) in [7, 11) is -7.17. The molecule has 0 aliphatic heterocycles. The van der Waals surface area contributed by atoms with Crippen molar-refractivity contribution in [3.8, 4) is 0 Å². The Morgan fingerprint density at radius 3 is 1.93 bits per heavy atom. The van der Waals surface area contributed by atoms with Crippen molar-refractivity contribution < 1.29 is 35.9 Å². The summed E-state index contributed by atoms with van der Waals surface area (Å²) < 4.78 is 72.7. The molecule has 0 radical (unpaired) electrons. The number of carboxylic acid groups (broad SMARTS) is 1. The Balaban J connectivity index is 3.49. The van der Waals surface area contributed by atoms with Crippen LogP contribution in [-0.2, 0) is 19.1 Å². The van der Waals surface area contributed by atoms with Crippen LogP contribution in [0.25, 0.3) is 0 Å². The number of carboxylic acids is 1. The number of halogens is 3. The van der Waals surface area contributed by atoms with E-state index in [1.54, 1.807) is 20.8 Å². The Morgan fingerprint density at radius 1 is 1.11 bits per heavy atom. The lowest BCUT2D eigenvalue weighted by Crippen LogP contribution is -2.59. The average molecular weight is 441 g/mol. The maximum atomic E-state index is 13.9. The number of aliphatic carboxylic acids is 1. The Bertz CT molecular complexity index is 755. The minimum Gasteiger partial charge on any atom is -0.479 e. The van der Waals surface area contributed by atoms with Crippen molar-refractivity contribution in [3.05, 3.63) is 30.3 Å². The molecule has 2 unspecified atom stereocenters. The van der Waals surface area contributed by atoms with Crippen molar-refractivity contribution in [1.82, 2.24) is 0 Å². The van der Waals surface area contributed by atoms with Crippen LogP contribution in [0.15, 0.2) is 35.2 Å². The number of alkyl halides is 3. The minimum atomic E-state index is -5.08. The zero-order valence-electron chi connectivity index (χ0n) is 16.4. The van der Waals surface area contributed by atoms with Gasteiger partial charge in [0.25, 0.3) is 0 Å². The highest BCUT2D eigenvalue weighted by Gasteiger charge is 2.60. The molecule has 0 saturated carbocycles. The van der Waals surface area contributed by atoms with Crippen LogP contribution in [0, 0.1) is 5.92 Å². The lowest BCUT2D eigenvalue weighted by molar-refractivity contribution is -0.219. The Morgan fingerprint density at radius 2 is 1.57 bits per heavy atom. The molecular weight excluding hydrogens is 413 g/mol. The van der Waals surface area contributed by atoms with E-state index in [0.29, 0.717) is 18.1 Å². The number of carbonyl (C=O) groups is 1. The molecule has 160 valence electrons. The molecule has 28 heavy (non-hydrogen) atoms. The first-order chi connectivity index (χ1) is 12.8. The largest absolute Gasteiger partial charge is 0.479 e. The molecule has 1 N–H and O–H groups in total. The molecule has 5 nitrogen and oxygen atoms in total. The number of sulfone groups is 1. The SMILES string of the molecule is CC[Si](CC)(CC)OC(C)(C(=O)O)C(CS(=O)(=O)c1ccccc1)C(F)(F)F. The summed E-state index contributed by atoms with van der Waals surface area (Å²) in [5.74, 6) is -5.92. The van der Waals surface area contributed by atoms with Gasteiger partial charge in [-0.15, -0.1) is 0 Å². The molecule has 0 amide bonds. The Labute approximate surface area is 165 Å². The molecule has 0 spiro atoms. The van der Waals surface area contributed by atoms with E-state index in [-0.39, 0.29) is 4.90 Å². The van der Waals surface area contributed by atoms with Crippen molar-refractivity contribution in [2.45, 2.75) is 62.5 Å². The van der Waals surface area contributed by atoms with E-state index in [2.05, 4.69) is 0 Å². The van der Waals surface area contributed by atoms with Crippen LogP contribution in [-0.4, -0.2) is 45.3 Å². The topological polar surface area (TPSA) is 80.7 Å². The third-order valence-corrected chi connectivity index (χ3v) is 11.8. The lowest BCUT2D eigenvalue weighted by Gasteiger charge is -2.42. The fraction of sp³-hybridized carbons (Fsp3) is 0.611. The molecule has 0 aromatic heterocycles. The molecule has 1 aromatic carbocycles. The molecule has 0 aliphatic rings. The minimum absolute atomic E-state index is 0.290. The van der Waals surface area contributed by atoms with E-state index in [0.717, 1.165) is 6.92 Å². The van der Waals surface area contributed by atoms with Gasteiger partial charge >= 0.3 is 12.1 Å². The van der Waals surface area contributed by atoms with Gasteiger partial charge in [0, 0.05) is 0 Å². The predicted molar refractivity (Wildman–Crippen MR) is 102 cm³/mol. The number of rotatable bonds is 10. The molecule has 0 heterocycles. The average Bonchev–Trinajstić information content (AvgIpc) is 2.64. The molecule has 0 saturated heterocycles. The second-order valence-electron chi connectivity index (χ2n) is 6.95. The van der Waals surface area contributed by atoms with Gasteiger partial charge in [0.05, 0.1) is 10.6 Å². The molecule has 0 aliphatic carbocycles. The van der Waals surface area contributed by atoms with Gasteiger partial charge in [0.2, 0.25) is 0 Å². The van der Waals surface area contributed by atoms with Gasteiger partial charge in [-0.3, -0.25) is 0 Å². The van der Waals surface area contributed by atoms with Gasteiger partial charge in [-0.25, -0.2) is 13.2 Å². The second-order valence-corrected chi connectivity index (χ2v) is 13.7. The third kappa shape index (κ3) is 5.35. The van der Waals surface area contributed by atoms with E-state index in [1.807, 2.05) is 0 Å². The van der Waals surface area contributed by atoms with Crippen molar-refractivity contribution in [3.63, 3.8) is 0 Å². The van der Waals surface area contributed by atoms with Crippen LogP contribution in [0.3, 0.4) is 0 Å². The highest BCUT2D eigenvalue weighted by molar-refractivity contribution is 7.91. The van der Waals surface area contributed by atoms with Gasteiger partial charge in [0.15, 0.2) is 23.8 Å². The van der Waals surface area contributed by atoms with E-state index >= 15 is 0 Å². The number of benzene rings is 1. The second kappa shape index (κ2) is 8.96. The van der Waals surface area contributed by atoms with Crippen molar-refractivity contribution in [2.75, 3.05) is 5.75 Å². The third-order valence-electron chi connectivity index (χ3n) is 5.33. The highest BCUT2D eigenvalue weighted by atomic mass is 32.2. The van der Waals surface area contributed by atoms with E-state index in [9.17, 15) is 31.5 Å². The van der Waals surface area contributed by atoms with Crippen LogP contribution in [0.5, 0.6) is 0 Å². The lowest BCUT2D eigenvalue weighted by atomic mass is 9.90. The van der Waals surface area contributed by atoms with Gasteiger partial charge in [-0.05, 0) is 37.2 Å². The summed E-state index contributed by atoms with van der Waals surface area (Å²) >= 11 is 0. The van der Waals surface area contributed by atoms with Crippen LogP contribution < -0.4 is 0 Å². The summed E-state index contributed by atoms with van der Waals surface area (Å²) in [6.45, 7) is 6.11. The number of hydrogen-bond donors (Lipinski definition) is 1. The molecular formula is C18H27F3O5SSi. The summed E-state index contributed by atoms with van der Waals surface area (Å²) in [6, 6.07) is 7.98. The summed E-state index contributed by atoms with van der Waals surface area (Å²) in [5.41, 5.74) is -2.70. The first kappa shape index (κ1) is 24.6. The summed E-state index contributed by atoms with van der Waals surface area (Å²) in [6.07, 6.45) is -5.08. The monoisotopic (exact) mass is 440 g/mol. The van der Waals surface area contributed by atoms with Gasteiger partial charge in [-0.1, -0.05) is 39.0 Å². The van der Waals surface area contributed by atoms with Crippen LogP contribution in [0.4, 0.5) is 13.2 Å². The summed E-state index contributed by atoms with van der Waals surface area (Å²) in [5, 5.41) is 9.69. The fourth-order valence-electron chi connectivity index (χ4n) is 3.19. The smallest absolute Gasteiger partial charge is 0.396 e. The molecule has 0 bridgehead atoms. The predicted octanol–water partition coefficient (Wildman–Crippen LogP) is 4.50. The Hall–Kier alpha value is -1.39. The van der Waals surface area contributed by atoms with Crippen LogP contribution >= 0.6 is 0 Å². The van der Waals surface area contributed by atoms with Crippen molar-refractivity contribution >= 4 is 24.1 Å². The quantitative estimate of drug-likeness (QED) is 0.542. The number of hydrogen-bond acceptors (Lipinski definition) is 4. The van der Waals surface area contributed by atoms with E-state index in [1.165, 1.54) is 30.3 Å². The van der Waals surface area contributed by atoms with E-state index in [4.69, 9.17) is 4.43 Å². The standard InChI is InChI=1S/C18H27F3O5SSi/c1-5-28(6-2,7-3)26-17(4,16(22)23)15(18(19,20)21)13-27(24,25)14-11-9-8-10-12-14/h8-12,15H,5-7,13H2,1-4H3,(H,22,23). The molecule has 2 atom stereocenters. The fourth-order valence-corrected chi connectivity index (χ4v) is 7.96. The summed E-state index contributed by atoms with van der Waals surface area (Å²) in [4.78, 5) is 11.7. The molecule has 10 heteroatoms. The van der Waals surface area contributed by atoms with Gasteiger partial charge in [0.1, 0.15) is 5.92 Å².